The number of carbonyl (C=O) groups excluding carboxylic acids is 1. The molecule has 104 valence electrons. The summed E-state index contributed by atoms with van der Waals surface area (Å²) in [5.74, 6) is -1.65. The Kier molecular flexibility index (Phi) is 4.66. The Hall–Kier alpha value is -1.97. The lowest BCUT2D eigenvalue weighted by Gasteiger charge is -2.34. The molecule has 0 aliphatic carbocycles. The molecule has 0 aliphatic heterocycles. The molecule has 0 aliphatic rings. The summed E-state index contributed by atoms with van der Waals surface area (Å²) >= 11 is 0. The Morgan fingerprint density at radius 3 is 1.55 bits per heavy atom. The second-order valence-corrected chi connectivity index (χ2v) is 4.50. The summed E-state index contributed by atoms with van der Waals surface area (Å²) in [6, 6.07) is 19.5. The highest BCUT2D eigenvalue weighted by Gasteiger charge is 2.41. The Morgan fingerprint density at radius 1 is 0.850 bits per heavy atom. The SMILES string of the molecule is COC(C=O)(OC)C(c1ccccc1)c1ccccc1. The molecule has 0 radical (unpaired) electrons. The maximum Gasteiger partial charge on any atom is 0.236 e. The Morgan fingerprint density at radius 2 is 1.25 bits per heavy atom. The van der Waals surface area contributed by atoms with Crippen LogP contribution in [-0.2, 0) is 14.3 Å². The van der Waals surface area contributed by atoms with Crippen molar-refractivity contribution < 1.29 is 14.3 Å². The summed E-state index contributed by atoms with van der Waals surface area (Å²) in [5, 5.41) is 0. The summed E-state index contributed by atoms with van der Waals surface area (Å²) < 4.78 is 10.8. The zero-order chi connectivity index (χ0) is 14.4. The number of benzene rings is 2. The number of aldehydes is 1. The van der Waals surface area contributed by atoms with Crippen LogP contribution in [0, 0.1) is 0 Å². The van der Waals surface area contributed by atoms with E-state index in [2.05, 4.69) is 0 Å². The Balaban J connectivity index is 2.58. The molecule has 2 aromatic carbocycles. The monoisotopic (exact) mass is 270 g/mol. The third kappa shape index (κ3) is 2.64. The van der Waals surface area contributed by atoms with Crippen LogP contribution < -0.4 is 0 Å². The molecule has 0 fully saturated rings. The summed E-state index contributed by atoms with van der Waals surface area (Å²) in [5.41, 5.74) is 1.93. The molecule has 0 bridgehead atoms. The quantitative estimate of drug-likeness (QED) is 0.598. The van der Waals surface area contributed by atoms with Crippen molar-refractivity contribution in [2.75, 3.05) is 14.2 Å². The molecule has 20 heavy (non-hydrogen) atoms. The van der Waals surface area contributed by atoms with E-state index < -0.39 is 5.79 Å². The van der Waals surface area contributed by atoms with Crippen LogP contribution in [0.15, 0.2) is 60.7 Å². The highest BCUT2D eigenvalue weighted by atomic mass is 16.7. The summed E-state index contributed by atoms with van der Waals surface area (Å²) in [4.78, 5) is 11.6. The van der Waals surface area contributed by atoms with Crippen LogP contribution in [0.5, 0.6) is 0 Å². The lowest BCUT2D eigenvalue weighted by molar-refractivity contribution is -0.201. The highest BCUT2D eigenvalue weighted by molar-refractivity contribution is 5.65. The molecule has 3 heteroatoms. The Labute approximate surface area is 119 Å². The second-order valence-electron chi connectivity index (χ2n) is 4.50. The van der Waals surface area contributed by atoms with Crippen molar-refractivity contribution >= 4 is 6.29 Å². The molecule has 0 unspecified atom stereocenters. The van der Waals surface area contributed by atoms with E-state index in [0.29, 0.717) is 0 Å². The fourth-order valence-corrected chi connectivity index (χ4v) is 2.43. The lowest BCUT2D eigenvalue weighted by Crippen LogP contribution is -2.42. The van der Waals surface area contributed by atoms with Crippen molar-refractivity contribution in [3.8, 4) is 0 Å². The number of rotatable bonds is 6. The minimum absolute atomic E-state index is 0.322. The number of hydrogen-bond donors (Lipinski definition) is 0. The number of carbonyl (C=O) groups is 1. The van der Waals surface area contributed by atoms with Crippen molar-refractivity contribution in [3.63, 3.8) is 0 Å². The van der Waals surface area contributed by atoms with Gasteiger partial charge in [0.25, 0.3) is 0 Å². The topological polar surface area (TPSA) is 35.5 Å². The molecule has 0 spiro atoms. The number of hydrogen-bond acceptors (Lipinski definition) is 3. The molecule has 2 rings (SSSR count). The van der Waals surface area contributed by atoms with Crippen molar-refractivity contribution in [2.45, 2.75) is 11.7 Å². The first kappa shape index (κ1) is 14.4. The molecule has 3 nitrogen and oxygen atoms in total. The van der Waals surface area contributed by atoms with E-state index in [4.69, 9.17) is 9.47 Å². The fraction of sp³-hybridized carbons (Fsp3) is 0.235. The van der Waals surface area contributed by atoms with E-state index in [1.807, 2.05) is 60.7 Å². The third-order valence-electron chi connectivity index (χ3n) is 3.47. The van der Waals surface area contributed by atoms with Crippen molar-refractivity contribution in [3.05, 3.63) is 71.8 Å². The van der Waals surface area contributed by atoms with Gasteiger partial charge < -0.3 is 9.47 Å². The normalized spacial score (nSPS) is 11.6. The van der Waals surface area contributed by atoms with Crippen LogP contribution in [-0.4, -0.2) is 26.3 Å². The maximum atomic E-state index is 11.6. The smallest absolute Gasteiger partial charge is 0.236 e. The zero-order valence-corrected chi connectivity index (χ0v) is 11.7. The van der Waals surface area contributed by atoms with Gasteiger partial charge >= 0.3 is 0 Å². The molecule has 0 atom stereocenters. The maximum absolute atomic E-state index is 11.6. The van der Waals surface area contributed by atoms with Gasteiger partial charge in [-0.25, -0.2) is 0 Å². The first-order valence-electron chi connectivity index (χ1n) is 6.44. The number of ether oxygens (including phenoxy) is 2. The van der Waals surface area contributed by atoms with Crippen LogP contribution in [0.2, 0.25) is 0 Å². The minimum Gasteiger partial charge on any atom is -0.346 e. The molecule has 0 saturated heterocycles. The van der Waals surface area contributed by atoms with E-state index >= 15 is 0 Å². The molecule has 0 heterocycles. The van der Waals surface area contributed by atoms with Gasteiger partial charge in [0, 0.05) is 14.2 Å². The molecule has 0 N–H and O–H groups in total. The molecule has 0 saturated carbocycles. The van der Waals surface area contributed by atoms with E-state index in [1.54, 1.807) is 0 Å². The predicted molar refractivity (Wildman–Crippen MR) is 77.5 cm³/mol. The zero-order valence-electron chi connectivity index (χ0n) is 11.7. The largest absolute Gasteiger partial charge is 0.346 e. The van der Waals surface area contributed by atoms with Crippen LogP contribution >= 0.6 is 0 Å². The Bertz CT molecular complexity index is 493. The first-order valence-corrected chi connectivity index (χ1v) is 6.44. The van der Waals surface area contributed by atoms with Gasteiger partial charge in [0.1, 0.15) is 0 Å². The molecule has 0 amide bonds. The predicted octanol–water partition coefficient (Wildman–Crippen LogP) is 3.01. The third-order valence-corrected chi connectivity index (χ3v) is 3.47. The van der Waals surface area contributed by atoms with E-state index in [9.17, 15) is 4.79 Å². The summed E-state index contributed by atoms with van der Waals surface area (Å²) in [7, 11) is 2.97. The van der Waals surface area contributed by atoms with Crippen LogP contribution in [0.25, 0.3) is 0 Å². The molecule has 0 aromatic heterocycles. The van der Waals surface area contributed by atoms with Gasteiger partial charge in [0.15, 0.2) is 6.29 Å². The van der Waals surface area contributed by atoms with Crippen LogP contribution in [0.3, 0.4) is 0 Å². The van der Waals surface area contributed by atoms with E-state index in [-0.39, 0.29) is 5.92 Å². The average Bonchev–Trinajstić information content (AvgIpc) is 2.54. The van der Waals surface area contributed by atoms with Gasteiger partial charge in [-0.3, -0.25) is 4.79 Å². The fourth-order valence-electron chi connectivity index (χ4n) is 2.43. The van der Waals surface area contributed by atoms with Gasteiger partial charge in [-0.2, -0.15) is 0 Å². The number of methoxy groups -OCH3 is 2. The van der Waals surface area contributed by atoms with Gasteiger partial charge in [-0.15, -0.1) is 0 Å². The molecular weight excluding hydrogens is 252 g/mol. The van der Waals surface area contributed by atoms with Gasteiger partial charge in [0.2, 0.25) is 5.79 Å². The van der Waals surface area contributed by atoms with Crippen LogP contribution in [0.4, 0.5) is 0 Å². The van der Waals surface area contributed by atoms with Gasteiger partial charge in [-0.05, 0) is 11.1 Å². The highest BCUT2D eigenvalue weighted by Crippen LogP contribution is 2.36. The van der Waals surface area contributed by atoms with Gasteiger partial charge in [0.05, 0.1) is 5.92 Å². The van der Waals surface area contributed by atoms with E-state index in [1.165, 1.54) is 14.2 Å². The average molecular weight is 270 g/mol. The first-order chi connectivity index (χ1) is 9.77. The second kappa shape index (κ2) is 6.46. The minimum atomic E-state index is -1.33. The molecule has 2 aromatic rings. The lowest BCUT2D eigenvalue weighted by atomic mass is 9.84. The van der Waals surface area contributed by atoms with E-state index in [0.717, 1.165) is 17.4 Å². The van der Waals surface area contributed by atoms with Crippen molar-refractivity contribution in [1.82, 2.24) is 0 Å². The molecular formula is C17H18O3. The van der Waals surface area contributed by atoms with Crippen molar-refractivity contribution in [2.24, 2.45) is 0 Å². The summed E-state index contributed by atoms with van der Waals surface area (Å²) in [6.45, 7) is 0. The summed E-state index contributed by atoms with van der Waals surface area (Å²) in [6.07, 6.45) is 0.720. The van der Waals surface area contributed by atoms with Gasteiger partial charge in [-0.1, -0.05) is 60.7 Å². The van der Waals surface area contributed by atoms with Crippen LogP contribution in [0.1, 0.15) is 17.0 Å². The standard InChI is InChI=1S/C17H18O3/c1-19-17(13-18,20-2)16(14-9-5-3-6-10-14)15-11-7-4-8-12-15/h3-13,16H,1-2H3. The van der Waals surface area contributed by atoms with Crippen molar-refractivity contribution in [1.29, 1.82) is 0 Å².